The van der Waals surface area contributed by atoms with E-state index in [4.69, 9.17) is 19.3 Å². The molecule has 0 radical (unpaired) electrons. The molecule has 0 bridgehead atoms. The van der Waals surface area contributed by atoms with Gasteiger partial charge in [-0.25, -0.2) is 10.3 Å². The van der Waals surface area contributed by atoms with E-state index in [-0.39, 0.29) is 60.6 Å². The largest absolute Gasteiger partial charge is 0.535 e. The number of rotatable bonds is 8. The Kier molecular flexibility index (Phi) is 5.15. The number of aliphatic hydroxyl groups is 1. The minimum atomic E-state index is -1.17. The average molecular weight is 392 g/mol. The first-order valence-electron chi connectivity index (χ1n) is 9.13. The smallest absolute Gasteiger partial charge is 0.526 e. The van der Waals surface area contributed by atoms with Crippen LogP contribution in [0.25, 0.3) is 0 Å². The molecular formula is C17H21BN2O8. The molecule has 150 valence electrons. The Morgan fingerprint density at radius 2 is 2.14 bits per heavy atom. The summed E-state index contributed by atoms with van der Waals surface area (Å²) < 4.78 is 11.3. The molecule has 2 heterocycles. The molecule has 1 saturated carbocycles. The molecule has 2 fully saturated rings. The minimum absolute atomic E-state index is 0.0200. The number of aliphatic hydroxyl groups excluding tert-OH is 1. The van der Waals surface area contributed by atoms with E-state index in [1.807, 2.05) is 4.90 Å². The van der Waals surface area contributed by atoms with Crippen LogP contribution < -0.4 is 14.9 Å². The zero-order valence-electron chi connectivity index (χ0n) is 15.0. The maximum atomic E-state index is 11.8. The lowest BCUT2D eigenvalue weighted by Gasteiger charge is -2.38. The number of nitrogens with one attached hydrogen (secondary N) is 1. The van der Waals surface area contributed by atoms with Crippen molar-refractivity contribution in [1.82, 2.24) is 10.4 Å². The monoisotopic (exact) mass is 392 g/mol. The van der Waals surface area contributed by atoms with Gasteiger partial charge in [-0.05, 0) is 24.0 Å². The van der Waals surface area contributed by atoms with Gasteiger partial charge in [0.05, 0.1) is 19.8 Å². The number of hydrogen-bond donors (Lipinski definition) is 4. The molecule has 1 amide bonds. The number of likely N-dealkylation sites (tertiary alicyclic amines) is 1. The second kappa shape index (κ2) is 7.59. The number of hydrogen-bond acceptors (Lipinski definition) is 8. The van der Waals surface area contributed by atoms with Crippen molar-refractivity contribution in [2.75, 3.05) is 32.8 Å². The second-order valence-corrected chi connectivity index (χ2v) is 7.21. The Hall–Kier alpha value is -2.34. The highest BCUT2D eigenvalue weighted by Crippen LogP contribution is 2.60. The summed E-state index contributed by atoms with van der Waals surface area (Å²) in [6.07, 6.45) is 0.527. The molecule has 1 aromatic carbocycles. The number of carboxylic acids is 1. The number of fused-ring (bicyclic) bond motifs is 3. The van der Waals surface area contributed by atoms with Crippen molar-refractivity contribution in [1.29, 1.82) is 0 Å². The van der Waals surface area contributed by atoms with Gasteiger partial charge in [0.15, 0.2) is 0 Å². The predicted molar refractivity (Wildman–Crippen MR) is 95.1 cm³/mol. The van der Waals surface area contributed by atoms with Crippen molar-refractivity contribution in [3.8, 4) is 11.5 Å². The van der Waals surface area contributed by atoms with Crippen LogP contribution in [0.2, 0.25) is 5.82 Å². The Bertz CT molecular complexity index is 785. The van der Waals surface area contributed by atoms with Gasteiger partial charge in [0, 0.05) is 18.9 Å². The van der Waals surface area contributed by atoms with Crippen molar-refractivity contribution in [2.45, 2.75) is 24.3 Å². The van der Waals surface area contributed by atoms with E-state index in [1.165, 1.54) is 0 Å². The van der Waals surface area contributed by atoms with Gasteiger partial charge >= 0.3 is 13.1 Å². The fourth-order valence-corrected chi connectivity index (χ4v) is 3.71. The molecule has 11 heteroatoms. The number of nitrogens with zero attached hydrogens (tertiary/aromatic N) is 1. The van der Waals surface area contributed by atoms with Crippen molar-refractivity contribution < 1.29 is 39.1 Å². The Morgan fingerprint density at radius 1 is 1.36 bits per heavy atom. The number of hydroxylamine groups is 1. The van der Waals surface area contributed by atoms with Crippen LogP contribution in [0.15, 0.2) is 12.1 Å². The van der Waals surface area contributed by atoms with Crippen LogP contribution in [0, 0.1) is 0 Å². The zero-order chi connectivity index (χ0) is 19.8. The number of carboxylic acid groups (broad SMARTS) is 1. The first-order valence-corrected chi connectivity index (χ1v) is 9.13. The number of ether oxygens (including phenoxy) is 1. The third-order valence-corrected chi connectivity index (χ3v) is 5.17. The van der Waals surface area contributed by atoms with Crippen LogP contribution in [0.4, 0.5) is 0 Å². The zero-order valence-corrected chi connectivity index (χ0v) is 15.0. The fourth-order valence-electron chi connectivity index (χ4n) is 3.71. The summed E-state index contributed by atoms with van der Waals surface area (Å²) in [6, 6.07) is 3.44. The quantitative estimate of drug-likeness (QED) is 0.255. The molecule has 4 N–H and O–H groups in total. The SMILES string of the molecule is O=C(CN1CC(Oc2ccc3c(c2C(=O)O)OB(O)[C@H]2C[C@@H]32)C1)NOCCO. The summed E-state index contributed by atoms with van der Waals surface area (Å²) >= 11 is 0. The molecule has 1 aliphatic carbocycles. The first kappa shape index (κ1) is 19.0. The summed E-state index contributed by atoms with van der Waals surface area (Å²) in [5, 5.41) is 28.2. The van der Waals surface area contributed by atoms with Crippen LogP contribution in [-0.2, 0) is 9.63 Å². The summed E-state index contributed by atoms with van der Waals surface area (Å²) in [5.74, 6) is -0.959. The van der Waals surface area contributed by atoms with Crippen LogP contribution >= 0.6 is 0 Å². The standard InChI is InChI=1S/C17H21BN2O8/c21-3-4-26-19-14(22)8-20-6-9(7-20)27-13-2-1-10-11-5-12(11)18(25)28-16(10)15(13)17(23)24/h1-2,9,11-12,21,25H,3-8H2,(H,19,22)(H,23,24)/t11-,12-/m0/s1. The van der Waals surface area contributed by atoms with E-state index in [9.17, 15) is 19.7 Å². The molecule has 10 nitrogen and oxygen atoms in total. The average Bonchev–Trinajstić information content (AvgIpc) is 3.41. The topological polar surface area (TPSA) is 138 Å². The lowest BCUT2D eigenvalue weighted by Crippen LogP contribution is -2.56. The van der Waals surface area contributed by atoms with Gasteiger partial charge in [-0.1, -0.05) is 6.07 Å². The minimum Gasteiger partial charge on any atom is -0.535 e. The van der Waals surface area contributed by atoms with Crippen molar-refractivity contribution >= 4 is 19.0 Å². The molecule has 28 heavy (non-hydrogen) atoms. The molecule has 3 aliphatic rings. The van der Waals surface area contributed by atoms with Crippen LogP contribution in [-0.4, -0.2) is 78.1 Å². The second-order valence-electron chi connectivity index (χ2n) is 7.21. The highest BCUT2D eigenvalue weighted by molar-refractivity contribution is 6.48. The van der Waals surface area contributed by atoms with Crippen LogP contribution in [0.1, 0.15) is 28.3 Å². The lowest BCUT2D eigenvalue weighted by atomic mass is 9.77. The third kappa shape index (κ3) is 3.66. The van der Waals surface area contributed by atoms with Gasteiger partial charge in [-0.2, -0.15) is 0 Å². The Balaban J connectivity index is 1.37. The van der Waals surface area contributed by atoms with E-state index in [2.05, 4.69) is 5.48 Å². The number of aromatic carboxylic acids is 1. The molecule has 2 atom stereocenters. The summed E-state index contributed by atoms with van der Waals surface area (Å²) in [7, 11) is -0.989. The van der Waals surface area contributed by atoms with Gasteiger partial charge in [-0.3, -0.25) is 14.5 Å². The van der Waals surface area contributed by atoms with Crippen molar-refractivity contribution in [2.24, 2.45) is 0 Å². The molecular weight excluding hydrogens is 371 g/mol. The van der Waals surface area contributed by atoms with Crippen LogP contribution in [0.3, 0.4) is 0 Å². The predicted octanol–water partition coefficient (Wildman–Crippen LogP) is -0.782. The van der Waals surface area contributed by atoms with Crippen LogP contribution in [0.5, 0.6) is 11.5 Å². The molecule has 1 aromatic rings. The van der Waals surface area contributed by atoms with Gasteiger partial charge in [-0.15, -0.1) is 0 Å². The lowest BCUT2D eigenvalue weighted by molar-refractivity contribution is -0.137. The van der Waals surface area contributed by atoms with Crippen molar-refractivity contribution in [3.05, 3.63) is 23.3 Å². The number of carbonyl (C=O) groups excluding carboxylic acids is 1. The van der Waals surface area contributed by atoms with E-state index < -0.39 is 13.1 Å². The highest BCUT2D eigenvalue weighted by atomic mass is 16.7. The highest BCUT2D eigenvalue weighted by Gasteiger charge is 2.54. The van der Waals surface area contributed by atoms with E-state index in [1.54, 1.807) is 12.1 Å². The molecule has 0 spiro atoms. The molecule has 2 aliphatic heterocycles. The Labute approximate surface area is 161 Å². The van der Waals surface area contributed by atoms with E-state index in [0.29, 0.717) is 13.1 Å². The van der Waals surface area contributed by atoms with E-state index in [0.717, 1.165) is 12.0 Å². The molecule has 0 aromatic heterocycles. The fraction of sp³-hybridized carbons (Fsp3) is 0.529. The summed E-state index contributed by atoms with van der Waals surface area (Å²) in [5.41, 5.74) is 2.95. The summed E-state index contributed by atoms with van der Waals surface area (Å²) in [4.78, 5) is 30.0. The normalized spacial score (nSPS) is 23.1. The van der Waals surface area contributed by atoms with Gasteiger partial charge in [0.2, 0.25) is 0 Å². The van der Waals surface area contributed by atoms with Gasteiger partial charge in [0.25, 0.3) is 5.91 Å². The van der Waals surface area contributed by atoms with Gasteiger partial charge in [0.1, 0.15) is 23.2 Å². The van der Waals surface area contributed by atoms with E-state index >= 15 is 0 Å². The van der Waals surface area contributed by atoms with Gasteiger partial charge < -0.3 is 24.6 Å². The molecule has 1 saturated heterocycles. The number of carbonyl (C=O) groups is 2. The first-order chi connectivity index (χ1) is 13.5. The molecule has 4 rings (SSSR count). The Morgan fingerprint density at radius 3 is 2.86 bits per heavy atom. The van der Waals surface area contributed by atoms with Crippen molar-refractivity contribution in [3.63, 3.8) is 0 Å². The summed E-state index contributed by atoms with van der Waals surface area (Å²) in [6.45, 7) is 0.857. The molecule has 0 unspecified atom stereocenters. The maximum Gasteiger partial charge on any atom is 0.526 e. The number of benzene rings is 1. The maximum absolute atomic E-state index is 11.8. The third-order valence-electron chi connectivity index (χ3n) is 5.17. The number of amides is 1.